The van der Waals surface area contributed by atoms with Crippen LogP contribution in [0, 0.1) is 0 Å². The standard InChI is InChI=1S/C12H13ClN2O/c1-9(2)16-11-5-3-10(4-6-11)15-12(13)7-8-14-15/h3-9H,1-2H3. The highest BCUT2D eigenvalue weighted by molar-refractivity contribution is 6.29. The minimum absolute atomic E-state index is 0.180. The van der Waals surface area contributed by atoms with E-state index in [0.29, 0.717) is 5.15 Å². The van der Waals surface area contributed by atoms with Gasteiger partial charge in [-0.25, -0.2) is 4.68 Å². The average molecular weight is 237 g/mol. The Hall–Kier alpha value is -1.48. The van der Waals surface area contributed by atoms with Crippen molar-refractivity contribution in [1.29, 1.82) is 0 Å². The van der Waals surface area contributed by atoms with Crippen LogP contribution < -0.4 is 4.74 Å². The van der Waals surface area contributed by atoms with E-state index in [4.69, 9.17) is 16.3 Å². The topological polar surface area (TPSA) is 27.1 Å². The van der Waals surface area contributed by atoms with Crippen molar-refractivity contribution in [2.24, 2.45) is 0 Å². The molecule has 0 spiro atoms. The van der Waals surface area contributed by atoms with E-state index in [9.17, 15) is 0 Å². The summed E-state index contributed by atoms with van der Waals surface area (Å²) in [5, 5.41) is 4.72. The molecule has 0 unspecified atom stereocenters. The smallest absolute Gasteiger partial charge is 0.132 e. The number of halogens is 1. The third kappa shape index (κ3) is 2.36. The molecule has 1 aromatic carbocycles. The Morgan fingerprint density at radius 3 is 2.38 bits per heavy atom. The molecule has 0 bridgehead atoms. The van der Waals surface area contributed by atoms with Gasteiger partial charge in [-0.1, -0.05) is 11.6 Å². The van der Waals surface area contributed by atoms with Gasteiger partial charge in [-0.2, -0.15) is 5.10 Å². The lowest BCUT2D eigenvalue weighted by Gasteiger charge is -2.10. The second kappa shape index (κ2) is 4.58. The first-order valence-electron chi connectivity index (χ1n) is 5.13. The van der Waals surface area contributed by atoms with Crippen LogP contribution in [-0.2, 0) is 0 Å². The van der Waals surface area contributed by atoms with Crippen molar-refractivity contribution in [1.82, 2.24) is 9.78 Å². The molecular weight excluding hydrogens is 224 g/mol. The van der Waals surface area contributed by atoms with Crippen LogP contribution in [0.2, 0.25) is 5.15 Å². The van der Waals surface area contributed by atoms with Gasteiger partial charge in [0.1, 0.15) is 10.9 Å². The molecule has 4 heteroatoms. The fourth-order valence-corrected chi connectivity index (χ4v) is 1.61. The van der Waals surface area contributed by atoms with E-state index < -0.39 is 0 Å². The second-order valence-corrected chi connectivity index (χ2v) is 4.11. The van der Waals surface area contributed by atoms with Crippen LogP contribution in [0.15, 0.2) is 36.5 Å². The summed E-state index contributed by atoms with van der Waals surface area (Å²) in [4.78, 5) is 0. The SMILES string of the molecule is CC(C)Oc1ccc(-n2nccc2Cl)cc1. The highest BCUT2D eigenvalue weighted by atomic mass is 35.5. The van der Waals surface area contributed by atoms with Gasteiger partial charge in [0.05, 0.1) is 18.0 Å². The fourth-order valence-electron chi connectivity index (χ4n) is 1.42. The van der Waals surface area contributed by atoms with Crippen molar-refractivity contribution >= 4 is 11.6 Å². The Kier molecular flexibility index (Phi) is 3.15. The summed E-state index contributed by atoms with van der Waals surface area (Å²) >= 11 is 5.97. The van der Waals surface area contributed by atoms with Crippen LogP contribution in [0.4, 0.5) is 0 Å². The summed E-state index contributed by atoms with van der Waals surface area (Å²) in [5.74, 6) is 0.849. The third-order valence-electron chi connectivity index (χ3n) is 2.05. The Morgan fingerprint density at radius 2 is 1.88 bits per heavy atom. The highest BCUT2D eigenvalue weighted by Gasteiger charge is 2.03. The largest absolute Gasteiger partial charge is 0.491 e. The van der Waals surface area contributed by atoms with E-state index in [2.05, 4.69) is 5.10 Å². The van der Waals surface area contributed by atoms with E-state index >= 15 is 0 Å². The predicted octanol–water partition coefficient (Wildman–Crippen LogP) is 3.31. The molecule has 84 valence electrons. The number of ether oxygens (including phenoxy) is 1. The summed E-state index contributed by atoms with van der Waals surface area (Å²) < 4.78 is 7.22. The molecular formula is C12H13ClN2O. The Balaban J connectivity index is 2.23. The second-order valence-electron chi connectivity index (χ2n) is 3.73. The molecule has 3 nitrogen and oxygen atoms in total. The zero-order valence-corrected chi connectivity index (χ0v) is 9.98. The average Bonchev–Trinajstić information content (AvgIpc) is 2.65. The monoisotopic (exact) mass is 236 g/mol. The zero-order chi connectivity index (χ0) is 11.5. The maximum atomic E-state index is 5.97. The number of benzene rings is 1. The lowest BCUT2D eigenvalue weighted by atomic mass is 10.3. The summed E-state index contributed by atoms with van der Waals surface area (Å²) in [5.41, 5.74) is 0.922. The van der Waals surface area contributed by atoms with Gasteiger partial charge in [-0.15, -0.1) is 0 Å². The summed E-state index contributed by atoms with van der Waals surface area (Å²) in [6.07, 6.45) is 1.85. The van der Waals surface area contributed by atoms with Gasteiger partial charge in [0, 0.05) is 0 Å². The molecule has 0 atom stereocenters. The fraction of sp³-hybridized carbons (Fsp3) is 0.250. The van der Waals surface area contributed by atoms with Gasteiger partial charge in [-0.3, -0.25) is 0 Å². The van der Waals surface area contributed by atoms with Crippen molar-refractivity contribution in [3.63, 3.8) is 0 Å². The summed E-state index contributed by atoms with van der Waals surface area (Å²) in [6, 6.07) is 9.42. The van der Waals surface area contributed by atoms with Gasteiger partial charge in [0.15, 0.2) is 0 Å². The molecule has 0 fully saturated rings. The van der Waals surface area contributed by atoms with E-state index in [1.54, 1.807) is 16.9 Å². The molecule has 0 saturated heterocycles. The van der Waals surface area contributed by atoms with Gasteiger partial charge in [0.25, 0.3) is 0 Å². The van der Waals surface area contributed by atoms with E-state index in [1.165, 1.54) is 0 Å². The molecule has 16 heavy (non-hydrogen) atoms. The first-order chi connectivity index (χ1) is 7.66. The zero-order valence-electron chi connectivity index (χ0n) is 9.22. The van der Waals surface area contributed by atoms with Crippen molar-refractivity contribution < 1.29 is 4.74 Å². The molecule has 0 aliphatic carbocycles. The minimum Gasteiger partial charge on any atom is -0.491 e. The Bertz CT molecular complexity index is 462. The van der Waals surface area contributed by atoms with Crippen LogP contribution >= 0.6 is 11.6 Å². The van der Waals surface area contributed by atoms with E-state index in [1.807, 2.05) is 38.1 Å². The number of aromatic nitrogens is 2. The molecule has 0 amide bonds. The molecule has 0 radical (unpaired) electrons. The molecule has 0 saturated carbocycles. The summed E-state index contributed by atoms with van der Waals surface area (Å²) in [7, 11) is 0. The lowest BCUT2D eigenvalue weighted by molar-refractivity contribution is 0.242. The van der Waals surface area contributed by atoms with Crippen molar-refractivity contribution in [2.75, 3.05) is 0 Å². The number of nitrogens with zero attached hydrogens (tertiary/aromatic N) is 2. The molecule has 1 heterocycles. The van der Waals surface area contributed by atoms with Crippen LogP contribution in [0.3, 0.4) is 0 Å². The first kappa shape index (κ1) is 11.0. The molecule has 1 aromatic heterocycles. The van der Waals surface area contributed by atoms with Crippen LogP contribution in [-0.4, -0.2) is 15.9 Å². The molecule has 2 aromatic rings. The van der Waals surface area contributed by atoms with Crippen molar-refractivity contribution in [3.8, 4) is 11.4 Å². The molecule has 2 rings (SSSR count). The maximum absolute atomic E-state index is 5.97. The Labute approximate surface area is 99.6 Å². The first-order valence-corrected chi connectivity index (χ1v) is 5.51. The van der Waals surface area contributed by atoms with Crippen molar-refractivity contribution in [2.45, 2.75) is 20.0 Å². The third-order valence-corrected chi connectivity index (χ3v) is 2.34. The quantitative estimate of drug-likeness (QED) is 0.818. The number of rotatable bonds is 3. The van der Waals surface area contributed by atoms with E-state index in [-0.39, 0.29) is 6.10 Å². The Morgan fingerprint density at radius 1 is 1.19 bits per heavy atom. The summed E-state index contributed by atoms with van der Waals surface area (Å²) in [6.45, 7) is 4.00. The van der Waals surface area contributed by atoms with Crippen LogP contribution in [0.25, 0.3) is 5.69 Å². The highest BCUT2D eigenvalue weighted by Crippen LogP contribution is 2.19. The van der Waals surface area contributed by atoms with Crippen molar-refractivity contribution in [3.05, 3.63) is 41.7 Å². The predicted molar refractivity (Wildman–Crippen MR) is 64.3 cm³/mol. The van der Waals surface area contributed by atoms with Crippen LogP contribution in [0.1, 0.15) is 13.8 Å². The number of hydrogen-bond donors (Lipinski definition) is 0. The molecule has 0 N–H and O–H groups in total. The van der Waals surface area contributed by atoms with Gasteiger partial charge in [0.2, 0.25) is 0 Å². The number of hydrogen-bond acceptors (Lipinski definition) is 2. The molecule has 0 aliphatic heterocycles. The maximum Gasteiger partial charge on any atom is 0.132 e. The van der Waals surface area contributed by atoms with Gasteiger partial charge in [-0.05, 0) is 44.2 Å². The van der Waals surface area contributed by atoms with Gasteiger partial charge >= 0.3 is 0 Å². The van der Waals surface area contributed by atoms with Gasteiger partial charge < -0.3 is 4.74 Å². The molecule has 0 aliphatic rings. The normalized spacial score (nSPS) is 10.8. The lowest BCUT2D eigenvalue weighted by Crippen LogP contribution is -2.05. The minimum atomic E-state index is 0.180. The van der Waals surface area contributed by atoms with E-state index in [0.717, 1.165) is 11.4 Å². The van der Waals surface area contributed by atoms with Crippen LogP contribution in [0.5, 0.6) is 5.75 Å².